The molecule has 0 heterocycles. The molecule has 0 bridgehead atoms. The molecule has 0 aliphatic carbocycles. The Morgan fingerprint density at radius 3 is 2.44 bits per heavy atom. The maximum absolute atomic E-state index is 12.8. The van der Waals surface area contributed by atoms with Crippen LogP contribution < -0.4 is 15.4 Å². The molecule has 1 unspecified atom stereocenters. The van der Waals surface area contributed by atoms with Crippen LogP contribution in [0.25, 0.3) is 0 Å². The summed E-state index contributed by atoms with van der Waals surface area (Å²) in [6.45, 7) is 8.05. The quantitative estimate of drug-likeness (QED) is 0.499. The van der Waals surface area contributed by atoms with E-state index < -0.39 is 22.0 Å². The predicted octanol–water partition coefficient (Wildman–Crippen LogP) is 3.69. The van der Waals surface area contributed by atoms with E-state index in [1.54, 1.807) is 25.1 Å². The molecule has 0 aliphatic heterocycles. The summed E-state index contributed by atoms with van der Waals surface area (Å²) in [5, 5.41) is 5.51. The number of sulfonamides is 1. The third kappa shape index (κ3) is 7.88. The second kappa shape index (κ2) is 11.5. The first kappa shape index (κ1) is 25.2. The fourth-order valence-corrected chi connectivity index (χ4v) is 4.24. The maximum Gasteiger partial charge on any atom is 0.407 e. The Balaban J connectivity index is 2.09. The van der Waals surface area contributed by atoms with Crippen LogP contribution in [-0.4, -0.2) is 39.6 Å². The van der Waals surface area contributed by atoms with E-state index in [1.165, 1.54) is 24.3 Å². The summed E-state index contributed by atoms with van der Waals surface area (Å²) in [6.07, 6.45) is 0.108. The Morgan fingerprint density at radius 1 is 1.06 bits per heavy atom. The molecular weight excluding hydrogens is 430 g/mol. The van der Waals surface area contributed by atoms with Gasteiger partial charge >= 0.3 is 6.09 Å². The molecule has 0 saturated carbocycles. The van der Waals surface area contributed by atoms with Crippen LogP contribution >= 0.6 is 0 Å². The van der Waals surface area contributed by atoms with Crippen molar-refractivity contribution in [2.45, 2.75) is 45.1 Å². The van der Waals surface area contributed by atoms with Gasteiger partial charge in [-0.1, -0.05) is 32.0 Å². The number of ether oxygens (including phenoxy) is 1. The van der Waals surface area contributed by atoms with E-state index in [2.05, 4.69) is 15.4 Å². The second-order valence-corrected chi connectivity index (χ2v) is 9.59. The van der Waals surface area contributed by atoms with Gasteiger partial charge in [-0.3, -0.25) is 9.52 Å². The molecule has 3 N–H and O–H groups in total. The molecule has 2 aromatic rings. The zero-order chi connectivity index (χ0) is 23.7. The van der Waals surface area contributed by atoms with Crippen molar-refractivity contribution in [3.8, 4) is 0 Å². The molecule has 1 atom stereocenters. The van der Waals surface area contributed by atoms with Crippen LogP contribution in [0.4, 0.5) is 10.5 Å². The average molecular weight is 462 g/mol. The standard InChI is InChI=1S/C23H31N3O5S/c1-5-31-23(28)25-20(12-16(2)3)15-24-22(27)18-9-7-11-21(14-18)32(29,30)26-19-10-6-8-17(4)13-19/h6-11,13-14,16,20,26H,5,12,15H2,1-4H3,(H,24,27)(H,25,28). The topological polar surface area (TPSA) is 114 Å². The minimum atomic E-state index is -3.86. The highest BCUT2D eigenvalue weighted by Crippen LogP contribution is 2.18. The van der Waals surface area contributed by atoms with Crippen molar-refractivity contribution in [2.24, 2.45) is 5.92 Å². The second-order valence-electron chi connectivity index (χ2n) is 7.90. The van der Waals surface area contributed by atoms with Crippen LogP contribution in [0.3, 0.4) is 0 Å². The third-order valence-corrected chi connectivity index (χ3v) is 5.92. The first-order chi connectivity index (χ1) is 15.1. The first-order valence-electron chi connectivity index (χ1n) is 10.5. The SMILES string of the molecule is CCOC(=O)NC(CNC(=O)c1cccc(S(=O)(=O)Nc2cccc(C)c2)c1)CC(C)C. The molecule has 0 fully saturated rings. The van der Waals surface area contributed by atoms with E-state index in [1.807, 2.05) is 26.8 Å². The Morgan fingerprint density at radius 2 is 1.78 bits per heavy atom. The number of hydrogen-bond donors (Lipinski definition) is 3. The largest absolute Gasteiger partial charge is 0.450 e. The van der Waals surface area contributed by atoms with Crippen LogP contribution in [0.15, 0.2) is 53.4 Å². The summed E-state index contributed by atoms with van der Waals surface area (Å²) >= 11 is 0. The first-order valence-corrected chi connectivity index (χ1v) is 12.0. The number of nitrogens with one attached hydrogen (secondary N) is 3. The van der Waals surface area contributed by atoms with Gasteiger partial charge in [0, 0.05) is 23.8 Å². The van der Waals surface area contributed by atoms with E-state index in [-0.39, 0.29) is 29.7 Å². The van der Waals surface area contributed by atoms with Gasteiger partial charge in [0.1, 0.15) is 0 Å². The summed E-state index contributed by atoms with van der Waals surface area (Å²) in [7, 11) is -3.86. The molecule has 174 valence electrons. The molecule has 2 aromatic carbocycles. The number of aryl methyl sites for hydroxylation is 1. The highest BCUT2D eigenvalue weighted by atomic mass is 32.2. The Kier molecular flexibility index (Phi) is 9.07. The van der Waals surface area contributed by atoms with Gasteiger partial charge in [0.05, 0.1) is 11.5 Å². The van der Waals surface area contributed by atoms with Gasteiger partial charge in [-0.25, -0.2) is 13.2 Å². The molecule has 32 heavy (non-hydrogen) atoms. The van der Waals surface area contributed by atoms with E-state index in [4.69, 9.17) is 4.74 Å². The van der Waals surface area contributed by atoms with Crippen LogP contribution in [0.1, 0.15) is 43.1 Å². The number of alkyl carbamates (subject to hydrolysis) is 1. The van der Waals surface area contributed by atoms with Crippen molar-refractivity contribution < 1.29 is 22.7 Å². The third-order valence-electron chi connectivity index (χ3n) is 4.54. The normalized spacial score (nSPS) is 12.2. The zero-order valence-corrected chi connectivity index (χ0v) is 19.7. The molecule has 0 spiro atoms. The van der Waals surface area contributed by atoms with Gasteiger partial charge in [-0.15, -0.1) is 0 Å². The van der Waals surface area contributed by atoms with E-state index in [0.29, 0.717) is 18.0 Å². The number of rotatable bonds is 10. The van der Waals surface area contributed by atoms with Crippen LogP contribution in [0.5, 0.6) is 0 Å². The monoisotopic (exact) mass is 461 g/mol. The zero-order valence-electron chi connectivity index (χ0n) is 18.8. The summed E-state index contributed by atoms with van der Waals surface area (Å²) in [5.41, 5.74) is 1.57. The van der Waals surface area contributed by atoms with Gasteiger partial charge < -0.3 is 15.4 Å². The predicted molar refractivity (Wildman–Crippen MR) is 124 cm³/mol. The van der Waals surface area contributed by atoms with Crippen molar-refractivity contribution >= 4 is 27.7 Å². The van der Waals surface area contributed by atoms with Crippen LogP contribution in [0.2, 0.25) is 0 Å². The molecule has 0 aliphatic rings. The molecule has 9 heteroatoms. The molecule has 2 rings (SSSR count). The number of carbonyl (C=O) groups excluding carboxylic acids is 2. The summed E-state index contributed by atoms with van der Waals surface area (Å²) < 4.78 is 33.0. The molecule has 0 radical (unpaired) electrons. The van der Waals surface area contributed by atoms with Crippen LogP contribution in [-0.2, 0) is 14.8 Å². The number of anilines is 1. The Bertz CT molecular complexity index is 1040. The number of carbonyl (C=O) groups is 2. The van der Waals surface area contributed by atoms with Crippen molar-refractivity contribution in [1.29, 1.82) is 0 Å². The van der Waals surface area contributed by atoms with E-state index >= 15 is 0 Å². The lowest BCUT2D eigenvalue weighted by molar-refractivity contribution is 0.0944. The summed E-state index contributed by atoms with van der Waals surface area (Å²) in [4.78, 5) is 24.4. The highest BCUT2D eigenvalue weighted by molar-refractivity contribution is 7.92. The average Bonchev–Trinajstić information content (AvgIpc) is 2.71. The molecular formula is C23H31N3O5S. The number of hydrogen-bond acceptors (Lipinski definition) is 5. The minimum Gasteiger partial charge on any atom is -0.450 e. The Labute approximate surface area is 189 Å². The van der Waals surface area contributed by atoms with Crippen molar-refractivity contribution in [1.82, 2.24) is 10.6 Å². The van der Waals surface area contributed by atoms with Crippen LogP contribution in [0, 0.1) is 12.8 Å². The van der Waals surface area contributed by atoms with Gasteiger partial charge in [-0.05, 0) is 62.1 Å². The minimum absolute atomic E-state index is 0.0185. The van der Waals surface area contributed by atoms with Crippen molar-refractivity contribution in [3.05, 3.63) is 59.7 Å². The van der Waals surface area contributed by atoms with Gasteiger partial charge in [0.25, 0.3) is 15.9 Å². The van der Waals surface area contributed by atoms with E-state index in [0.717, 1.165) is 5.56 Å². The molecule has 0 saturated heterocycles. The molecule has 8 nitrogen and oxygen atoms in total. The van der Waals surface area contributed by atoms with Crippen molar-refractivity contribution in [3.63, 3.8) is 0 Å². The van der Waals surface area contributed by atoms with Gasteiger partial charge in [0.15, 0.2) is 0 Å². The number of benzene rings is 2. The van der Waals surface area contributed by atoms with Gasteiger partial charge in [0.2, 0.25) is 0 Å². The molecule has 2 amide bonds. The number of amides is 2. The maximum atomic E-state index is 12.8. The summed E-state index contributed by atoms with van der Waals surface area (Å²) in [5.74, 6) is -0.142. The van der Waals surface area contributed by atoms with Crippen molar-refractivity contribution in [2.75, 3.05) is 17.9 Å². The highest BCUT2D eigenvalue weighted by Gasteiger charge is 2.19. The lowest BCUT2D eigenvalue weighted by atomic mass is 10.0. The summed E-state index contributed by atoms with van der Waals surface area (Å²) in [6, 6.07) is 12.5. The fourth-order valence-electron chi connectivity index (χ4n) is 3.15. The smallest absolute Gasteiger partial charge is 0.407 e. The molecule has 0 aromatic heterocycles. The van der Waals surface area contributed by atoms with Gasteiger partial charge in [-0.2, -0.15) is 0 Å². The van der Waals surface area contributed by atoms with E-state index in [9.17, 15) is 18.0 Å². The fraction of sp³-hybridized carbons (Fsp3) is 0.391. The Hall–Kier alpha value is -3.07. The lowest BCUT2D eigenvalue weighted by Crippen LogP contribution is -2.44. The lowest BCUT2D eigenvalue weighted by Gasteiger charge is -2.21.